The predicted octanol–water partition coefficient (Wildman–Crippen LogP) is 4.67. The standard InChI is InChI=1S/C20H17NO2/c1-23-19-9-5-6-16(14-19)20(22)15-10-12-18(13-11-15)21-17-7-3-2-4-8-17/h2-14,21H,1H3. The Morgan fingerprint density at radius 3 is 2.17 bits per heavy atom. The van der Waals surface area contributed by atoms with Crippen LogP contribution in [0.4, 0.5) is 11.4 Å². The van der Waals surface area contributed by atoms with Crippen molar-refractivity contribution in [3.05, 3.63) is 90.0 Å². The molecule has 0 unspecified atom stereocenters. The van der Waals surface area contributed by atoms with Gasteiger partial charge >= 0.3 is 0 Å². The minimum absolute atomic E-state index is 0.0184. The molecule has 0 saturated carbocycles. The topological polar surface area (TPSA) is 38.3 Å². The van der Waals surface area contributed by atoms with E-state index < -0.39 is 0 Å². The van der Waals surface area contributed by atoms with Gasteiger partial charge in [0.25, 0.3) is 0 Å². The Balaban J connectivity index is 1.77. The maximum absolute atomic E-state index is 12.5. The minimum Gasteiger partial charge on any atom is -0.497 e. The first kappa shape index (κ1) is 14.9. The summed E-state index contributed by atoms with van der Waals surface area (Å²) in [4.78, 5) is 12.5. The molecule has 1 N–H and O–H groups in total. The highest BCUT2D eigenvalue weighted by atomic mass is 16.5. The summed E-state index contributed by atoms with van der Waals surface area (Å²) in [6.45, 7) is 0. The number of hydrogen-bond acceptors (Lipinski definition) is 3. The Labute approximate surface area is 135 Å². The molecule has 23 heavy (non-hydrogen) atoms. The lowest BCUT2D eigenvalue weighted by molar-refractivity contribution is 0.103. The third-order valence-electron chi connectivity index (χ3n) is 3.54. The molecule has 0 heterocycles. The average molecular weight is 303 g/mol. The van der Waals surface area contributed by atoms with Crippen molar-refractivity contribution in [2.24, 2.45) is 0 Å². The number of carbonyl (C=O) groups excluding carboxylic acids is 1. The van der Waals surface area contributed by atoms with E-state index in [2.05, 4.69) is 5.32 Å². The zero-order chi connectivity index (χ0) is 16.1. The number of anilines is 2. The number of para-hydroxylation sites is 1. The molecule has 3 heteroatoms. The molecule has 0 radical (unpaired) electrons. The van der Waals surface area contributed by atoms with Crippen LogP contribution in [0, 0.1) is 0 Å². The Kier molecular flexibility index (Phi) is 4.39. The lowest BCUT2D eigenvalue weighted by Crippen LogP contribution is -2.01. The third-order valence-corrected chi connectivity index (χ3v) is 3.54. The SMILES string of the molecule is COc1cccc(C(=O)c2ccc(Nc3ccccc3)cc2)c1. The van der Waals surface area contributed by atoms with Crippen molar-refractivity contribution in [3.8, 4) is 5.75 Å². The molecule has 114 valence electrons. The molecular weight excluding hydrogens is 286 g/mol. The molecule has 3 aromatic rings. The van der Waals surface area contributed by atoms with Crippen LogP contribution in [0.15, 0.2) is 78.9 Å². The summed E-state index contributed by atoms with van der Waals surface area (Å²) in [5.41, 5.74) is 3.22. The van der Waals surface area contributed by atoms with Crippen LogP contribution < -0.4 is 10.1 Å². The largest absolute Gasteiger partial charge is 0.497 e. The van der Waals surface area contributed by atoms with Crippen LogP contribution in [-0.4, -0.2) is 12.9 Å². The zero-order valence-electron chi connectivity index (χ0n) is 12.8. The van der Waals surface area contributed by atoms with Crippen LogP contribution in [0.2, 0.25) is 0 Å². The van der Waals surface area contributed by atoms with Crippen molar-refractivity contribution in [1.29, 1.82) is 0 Å². The van der Waals surface area contributed by atoms with Gasteiger partial charge in [-0.25, -0.2) is 0 Å². The van der Waals surface area contributed by atoms with E-state index >= 15 is 0 Å². The number of benzene rings is 3. The smallest absolute Gasteiger partial charge is 0.193 e. The second-order valence-electron chi connectivity index (χ2n) is 5.13. The van der Waals surface area contributed by atoms with Gasteiger partial charge in [0.15, 0.2) is 5.78 Å². The predicted molar refractivity (Wildman–Crippen MR) is 92.6 cm³/mol. The summed E-state index contributed by atoms with van der Waals surface area (Å²) in [6.07, 6.45) is 0. The Hall–Kier alpha value is -3.07. The molecule has 0 bridgehead atoms. The van der Waals surface area contributed by atoms with E-state index in [1.54, 1.807) is 19.2 Å². The molecule has 0 atom stereocenters. The number of ether oxygens (including phenoxy) is 1. The van der Waals surface area contributed by atoms with Gasteiger partial charge in [0.05, 0.1) is 7.11 Å². The van der Waals surface area contributed by atoms with Gasteiger partial charge in [0.2, 0.25) is 0 Å². The summed E-state index contributed by atoms with van der Waals surface area (Å²) >= 11 is 0. The minimum atomic E-state index is -0.0184. The van der Waals surface area contributed by atoms with Gasteiger partial charge < -0.3 is 10.1 Å². The fourth-order valence-corrected chi connectivity index (χ4v) is 2.32. The van der Waals surface area contributed by atoms with Gasteiger partial charge in [0, 0.05) is 22.5 Å². The van der Waals surface area contributed by atoms with Crippen LogP contribution in [0.5, 0.6) is 5.75 Å². The monoisotopic (exact) mass is 303 g/mol. The van der Waals surface area contributed by atoms with E-state index in [0.29, 0.717) is 16.9 Å². The number of hydrogen-bond donors (Lipinski definition) is 1. The van der Waals surface area contributed by atoms with Crippen molar-refractivity contribution in [2.45, 2.75) is 0 Å². The maximum atomic E-state index is 12.5. The normalized spacial score (nSPS) is 10.1. The highest BCUT2D eigenvalue weighted by Crippen LogP contribution is 2.20. The Bertz CT molecular complexity index is 795. The van der Waals surface area contributed by atoms with Crippen molar-refractivity contribution in [1.82, 2.24) is 0 Å². The summed E-state index contributed by atoms with van der Waals surface area (Å²) in [7, 11) is 1.59. The quantitative estimate of drug-likeness (QED) is 0.696. The van der Waals surface area contributed by atoms with Gasteiger partial charge in [-0.1, -0.05) is 30.3 Å². The molecule has 0 amide bonds. The van der Waals surface area contributed by atoms with E-state index in [1.165, 1.54) is 0 Å². The van der Waals surface area contributed by atoms with Crippen molar-refractivity contribution >= 4 is 17.2 Å². The van der Waals surface area contributed by atoms with Crippen molar-refractivity contribution in [2.75, 3.05) is 12.4 Å². The van der Waals surface area contributed by atoms with Crippen LogP contribution in [0.1, 0.15) is 15.9 Å². The zero-order valence-corrected chi connectivity index (χ0v) is 12.8. The van der Waals surface area contributed by atoms with Gasteiger partial charge in [-0.3, -0.25) is 4.79 Å². The molecule has 3 rings (SSSR count). The fourth-order valence-electron chi connectivity index (χ4n) is 2.32. The summed E-state index contributed by atoms with van der Waals surface area (Å²) in [5, 5.41) is 3.30. The van der Waals surface area contributed by atoms with Gasteiger partial charge in [0.1, 0.15) is 5.75 Å². The summed E-state index contributed by atoms with van der Waals surface area (Å²) < 4.78 is 5.16. The fraction of sp³-hybridized carbons (Fsp3) is 0.0500. The molecule has 0 aliphatic carbocycles. The van der Waals surface area contributed by atoms with E-state index in [9.17, 15) is 4.79 Å². The average Bonchev–Trinajstić information content (AvgIpc) is 2.63. The second-order valence-corrected chi connectivity index (χ2v) is 5.13. The first-order valence-electron chi connectivity index (χ1n) is 7.37. The van der Waals surface area contributed by atoms with E-state index in [-0.39, 0.29) is 5.78 Å². The van der Waals surface area contributed by atoms with Crippen molar-refractivity contribution in [3.63, 3.8) is 0 Å². The number of nitrogens with one attached hydrogen (secondary N) is 1. The van der Waals surface area contributed by atoms with Crippen LogP contribution in [0.3, 0.4) is 0 Å². The highest BCUT2D eigenvalue weighted by Gasteiger charge is 2.09. The summed E-state index contributed by atoms with van der Waals surface area (Å²) in [5.74, 6) is 0.661. The van der Waals surface area contributed by atoms with Crippen LogP contribution in [0.25, 0.3) is 0 Å². The van der Waals surface area contributed by atoms with E-state index in [1.807, 2.05) is 66.7 Å². The Morgan fingerprint density at radius 1 is 0.783 bits per heavy atom. The number of methoxy groups -OCH3 is 1. The van der Waals surface area contributed by atoms with Crippen molar-refractivity contribution < 1.29 is 9.53 Å². The molecule has 0 aromatic heterocycles. The lowest BCUT2D eigenvalue weighted by atomic mass is 10.0. The van der Waals surface area contributed by atoms with Gasteiger partial charge in [-0.05, 0) is 48.5 Å². The molecule has 0 aliphatic heterocycles. The van der Waals surface area contributed by atoms with Gasteiger partial charge in [-0.2, -0.15) is 0 Å². The first-order valence-corrected chi connectivity index (χ1v) is 7.37. The molecule has 3 aromatic carbocycles. The third kappa shape index (κ3) is 3.58. The number of carbonyl (C=O) groups is 1. The molecule has 0 fully saturated rings. The highest BCUT2D eigenvalue weighted by molar-refractivity contribution is 6.09. The van der Waals surface area contributed by atoms with Gasteiger partial charge in [-0.15, -0.1) is 0 Å². The maximum Gasteiger partial charge on any atom is 0.193 e. The molecular formula is C20H17NO2. The first-order chi connectivity index (χ1) is 11.3. The molecule has 0 aliphatic rings. The lowest BCUT2D eigenvalue weighted by Gasteiger charge is -2.08. The molecule has 0 saturated heterocycles. The number of ketones is 1. The van der Waals surface area contributed by atoms with E-state index in [4.69, 9.17) is 4.74 Å². The summed E-state index contributed by atoms with van der Waals surface area (Å²) in [6, 6.07) is 24.6. The molecule has 0 spiro atoms. The second kappa shape index (κ2) is 6.79. The van der Waals surface area contributed by atoms with E-state index in [0.717, 1.165) is 11.4 Å². The molecule has 3 nitrogen and oxygen atoms in total. The Morgan fingerprint density at radius 2 is 1.48 bits per heavy atom. The van der Waals surface area contributed by atoms with Crippen LogP contribution >= 0.6 is 0 Å². The van der Waals surface area contributed by atoms with Crippen LogP contribution in [-0.2, 0) is 0 Å². The number of rotatable bonds is 5.